The Bertz CT molecular complexity index is 822. The average Bonchev–Trinajstić information content (AvgIpc) is 2.76. The minimum atomic E-state index is -0.293. The van der Waals surface area contributed by atoms with Crippen LogP contribution in [-0.2, 0) is 4.74 Å². The molecule has 1 fully saturated rings. The fourth-order valence-corrected chi connectivity index (χ4v) is 3.38. The SMILES string of the molecule is CCOC(=O)N1CCC(NC(=O)c2cc(N(CC)c3ccccc3)ncn2)CC1. The molecular formula is C21H27N5O3. The topological polar surface area (TPSA) is 87.7 Å². The highest BCUT2D eigenvalue weighted by molar-refractivity contribution is 5.93. The second-order valence-electron chi connectivity index (χ2n) is 6.77. The van der Waals surface area contributed by atoms with E-state index in [1.807, 2.05) is 42.2 Å². The molecule has 1 aliphatic rings. The maximum atomic E-state index is 12.7. The van der Waals surface area contributed by atoms with Gasteiger partial charge in [-0.3, -0.25) is 4.79 Å². The molecule has 0 saturated carbocycles. The highest BCUT2D eigenvalue weighted by atomic mass is 16.6. The van der Waals surface area contributed by atoms with Gasteiger partial charge in [0.25, 0.3) is 5.91 Å². The molecule has 1 aromatic heterocycles. The summed E-state index contributed by atoms with van der Waals surface area (Å²) < 4.78 is 5.03. The van der Waals surface area contributed by atoms with Crippen molar-refractivity contribution in [3.8, 4) is 0 Å². The number of nitrogens with zero attached hydrogens (tertiary/aromatic N) is 4. The minimum absolute atomic E-state index is 0.00277. The Balaban J connectivity index is 1.62. The van der Waals surface area contributed by atoms with Crippen molar-refractivity contribution in [2.24, 2.45) is 0 Å². The Morgan fingerprint density at radius 2 is 1.90 bits per heavy atom. The summed E-state index contributed by atoms with van der Waals surface area (Å²) in [4.78, 5) is 36.7. The van der Waals surface area contributed by atoms with Crippen molar-refractivity contribution in [1.82, 2.24) is 20.2 Å². The van der Waals surface area contributed by atoms with Crippen molar-refractivity contribution >= 4 is 23.5 Å². The van der Waals surface area contributed by atoms with Gasteiger partial charge < -0.3 is 19.9 Å². The van der Waals surface area contributed by atoms with Crippen molar-refractivity contribution in [2.75, 3.05) is 31.1 Å². The van der Waals surface area contributed by atoms with Crippen LogP contribution in [0.5, 0.6) is 0 Å². The number of amides is 2. The molecule has 0 radical (unpaired) electrons. The van der Waals surface area contributed by atoms with Crippen LogP contribution in [0.25, 0.3) is 0 Å². The van der Waals surface area contributed by atoms with E-state index in [9.17, 15) is 9.59 Å². The largest absolute Gasteiger partial charge is 0.450 e. The standard InChI is InChI=1S/C21H27N5O3/c1-3-26(17-8-6-5-7-9-17)19-14-18(22-15-23-19)20(27)24-16-10-12-25(13-11-16)21(28)29-4-2/h5-9,14-16H,3-4,10-13H2,1-2H3,(H,24,27). The first-order chi connectivity index (χ1) is 14.1. The number of nitrogens with one attached hydrogen (secondary N) is 1. The highest BCUT2D eigenvalue weighted by Gasteiger charge is 2.25. The monoisotopic (exact) mass is 397 g/mol. The minimum Gasteiger partial charge on any atom is -0.450 e. The van der Waals surface area contributed by atoms with Gasteiger partial charge in [0.05, 0.1) is 6.61 Å². The Morgan fingerprint density at radius 3 is 2.55 bits per heavy atom. The number of para-hydroxylation sites is 1. The average molecular weight is 397 g/mol. The lowest BCUT2D eigenvalue weighted by molar-refractivity contribution is 0.0856. The van der Waals surface area contributed by atoms with Crippen molar-refractivity contribution in [1.29, 1.82) is 0 Å². The number of aromatic nitrogens is 2. The second-order valence-corrected chi connectivity index (χ2v) is 6.77. The fraction of sp³-hybridized carbons (Fsp3) is 0.429. The zero-order chi connectivity index (χ0) is 20.6. The first-order valence-electron chi connectivity index (χ1n) is 9.99. The van der Waals surface area contributed by atoms with E-state index >= 15 is 0 Å². The number of piperidine rings is 1. The third kappa shape index (κ3) is 5.22. The van der Waals surface area contributed by atoms with E-state index in [4.69, 9.17) is 4.74 Å². The predicted molar refractivity (Wildman–Crippen MR) is 110 cm³/mol. The number of rotatable bonds is 6. The zero-order valence-corrected chi connectivity index (χ0v) is 16.9. The van der Waals surface area contributed by atoms with Gasteiger partial charge in [0.2, 0.25) is 0 Å². The molecule has 1 aliphatic heterocycles. The van der Waals surface area contributed by atoms with Crippen molar-refractivity contribution in [2.45, 2.75) is 32.7 Å². The van der Waals surface area contributed by atoms with Crippen LogP contribution in [0.2, 0.25) is 0 Å². The van der Waals surface area contributed by atoms with Gasteiger partial charge in [-0.05, 0) is 38.8 Å². The molecule has 1 N–H and O–H groups in total. The summed E-state index contributed by atoms with van der Waals surface area (Å²) in [5, 5.41) is 3.02. The van der Waals surface area contributed by atoms with E-state index in [0.29, 0.717) is 50.6 Å². The molecule has 0 bridgehead atoms. The Labute approximate surface area is 170 Å². The Kier molecular flexibility index (Phi) is 6.99. The van der Waals surface area contributed by atoms with Gasteiger partial charge in [-0.25, -0.2) is 14.8 Å². The number of ether oxygens (including phenoxy) is 1. The number of hydrogen-bond donors (Lipinski definition) is 1. The van der Waals surface area contributed by atoms with E-state index in [0.717, 1.165) is 5.69 Å². The number of carbonyl (C=O) groups excluding carboxylic acids is 2. The first-order valence-corrected chi connectivity index (χ1v) is 9.99. The highest BCUT2D eigenvalue weighted by Crippen LogP contribution is 2.23. The summed E-state index contributed by atoms with van der Waals surface area (Å²) >= 11 is 0. The molecule has 154 valence electrons. The fourth-order valence-electron chi connectivity index (χ4n) is 3.38. The third-order valence-electron chi connectivity index (χ3n) is 4.90. The van der Waals surface area contributed by atoms with E-state index in [1.54, 1.807) is 17.9 Å². The zero-order valence-electron chi connectivity index (χ0n) is 16.9. The van der Waals surface area contributed by atoms with Gasteiger partial charge in [0.1, 0.15) is 17.8 Å². The van der Waals surface area contributed by atoms with Gasteiger partial charge in [-0.2, -0.15) is 0 Å². The third-order valence-corrected chi connectivity index (χ3v) is 4.90. The molecule has 0 aliphatic carbocycles. The number of likely N-dealkylation sites (tertiary alicyclic amines) is 1. The lowest BCUT2D eigenvalue weighted by Gasteiger charge is -2.31. The van der Waals surface area contributed by atoms with Crippen LogP contribution in [0, 0.1) is 0 Å². The van der Waals surface area contributed by atoms with Gasteiger partial charge in [0, 0.05) is 37.4 Å². The molecule has 0 spiro atoms. The number of anilines is 2. The van der Waals surface area contributed by atoms with E-state index in [1.165, 1.54) is 6.33 Å². The summed E-state index contributed by atoms with van der Waals surface area (Å²) in [5.74, 6) is 0.448. The van der Waals surface area contributed by atoms with Crippen LogP contribution in [0.15, 0.2) is 42.7 Å². The van der Waals surface area contributed by atoms with E-state index in [-0.39, 0.29) is 18.0 Å². The number of hydrogen-bond acceptors (Lipinski definition) is 6. The summed E-state index contributed by atoms with van der Waals surface area (Å²) in [7, 11) is 0. The maximum Gasteiger partial charge on any atom is 0.409 e. The Hall–Kier alpha value is -3.16. The quantitative estimate of drug-likeness (QED) is 0.806. The molecule has 0 atom stereocenters. The summed E-state index contributed by atoms with van der Waals surface area (Å²) in [6.07, 6.45) is 2.50. The van der Waals surface area contributed by atoms with Crippen molar-refractivity contribution in [3.05, 3.63) is 48.4 Å². The van der Waals surface area contributed by atoms with Crippen molar-refractivity contribution < 1.29 is 14.3 Å². The molecule has 2 heterocycles. The van der Waals surface area contributed by atoms with E-state index in [2.05, 4.69) is 15.3 Å². The summed E-state index contributed by atoms with van der Waals surface area (Å²) in [6, 6.07) is 11.6. The molecule has 2 amide bonds. The van der Waals surface area contributed by atoms with E-state index < -0.39 is 0 Å². The molecule has 1 saturated heterocycles. The predicted octanol–water partition coefficient (Wildman–Crippen LogP) is 2.99. The normalized spacial score (nSPS) is 14.3. The molecule has 2 aromatic rings. The maximum absolute atomic E-state index is 12.7. The van der Waals surface area contributed by atoms with Crippen molar-refractivity contribution in [3.63, 3.8) is 0 Å². The van der Waals surface area contributed by atoms with Crippen LogP contribution in [0.3, 0.4) is 0 Å². The lowest BCUT2D eigenvalue weighted by atomic mass is 10.1. The van der Waals surface area contributed by atoms with Crippen LogP contribution < -0.4 is 10.2 Å². The van der Waals surface area contributed by atoms with Crippen LogP contribution in [-0.4, -0.2) is 59.2 Å². The lowest BCUT2D eigenvalue weighted by Crippen LogP contribution is -2.46. The number of carbonyl (C=O) groups is 2. The number of benzene rings is 1. The molecule has 29 heavy (non-hydrogen) atoms. The van der Waals surface area contributed by atoms with Gasteiger partial charge in [-0.1, -0.05) is 18.2 Å². The molecule has 1 aromatic carbocycles. The Morgan fingerprint density at radius 1 is 1.17 bits per heavy atom. The molecule has 0 unspecified atom stereocenters. The molecular weight excluding hydrogens is 370 g/mol. The van der Waals surface area contributed by atoms with Gasteiger partial charge in [0.15, 0.2) is 0 Å². The second kappa shape index (κ2) is 9.86. The first kappa shape index (κ1) is 20.6. The van der Waals surface area contributed by atoms with Crippen LogP contribution >= 0.6 is 0 Å². The summed E-state index contributed by atoms with van der Waals surface area (Å²) in [5.41, 5.74) is 1.34. The van der Waals surface area contributed by atoms with Gasteiger partial charge >= 0.3 is 6.09 Å². The van der Waals surface area contributed by atoms with Crippen LogP contribution in [0.4, 0.5) is 16.3 Å². The summed E-state index contributed by atoms with van der Waals surface area (Å²) in [6.45, 7) is 6.04. The van der Waals surface area contributed by atoms with Gasteiger partial charge in [-0.15, -0.1) is 0 Å². The molecule has 8 nitrogen and oxygen atoms in total. The molecule has 8 heteroatoms. The molecule has 3 rings (SSSR count). The van der Waals surface area contributed by atoms with Crippen LogP contribution in [0.1, 0.15) is 37.2 Å². The smallest absolute Gasteiger partial charge is 0.409 e.